The van der Waals surface area contributed by atoms with Gasteiger partial charge in [0.25, 0.3) is 0 Å². The van der Waals surface area contributed by atoms with Gasteiger partial charge in [0, 0.05) is 57.5 Å². The SMILES string of the molecule is CCNC(=NCc1cccc(OCCN(C)C2CCOCC2)c1)N1CCC2(CCOC2)C1.I. The number of nitrogens with one attached hydrogen (secondary N) is 1. The lowest BCUT2D eigenvalue weighted by Crippen LogP contribution is -2.41. The monoisotopic (exact) mass is 572 g/mol. The van der Waals surface area contributed by atoms with Gasteiger partial charge in [-0.25, -0.2) is 4.99 Å². The fourth-order valence-corrected chi connectivity index (χ4v) is 5.03. The van der Waals surface area contributed by atoms with Crippen molar-refractivity contribution < 1.29 is 14.2 Å². The highest BCUT2D eigenvalue weighted by Crippen LogP contribution is 2.38. The Morgan fingerprint density at radius 2 is 2.09 bits per heavy atom. The van der Waals surface area contributed by atoms with E-state index in [1.54, 1.807) is 0 Å². The minimum absolute atomic E-state index is 0. The van der Waals surface area contributed by atoms with Crippen molar-refractivity contribution in [1.29, 1.82) is 0 Å². The van der Waals surface area contributed by atoms with Crippen LogP contribution in [0.15, 0.2) is 29.3 Å². The Bertz CT molecular complexity index is 751. The molecule has 1 atom stereocenters. The maximum Gasteiger partial charge on any atom is 0.194 e. The number of rotatable bonds is 8. The summed E-state index contributed by atoms with van der Waals surface area (Å²) in [6, 6.07) is 8.97. The Kier molecular flexibility index (Phi) is 10.5. The summed E-state index contributed by atoms with van der Waals surface area (Å²) >= 11 is 0. The number of hydrogen-bond donors (Lipinski definition) is 1. The summed E-state index contributed by atoms with van der Waals surface area (Å²) in [7, 11) is 2.19. The van der Waals surface area contributed by atoms with Crippen LogP contribution >= 0.6 is 24.0 Å². The minimum atomic E-state index is 0. The molecule has 0 amide bonds. The fourth-order valence-electron chi connectivity index (χ4n) is 5.03. The summed E-state index contributed by atoms with van der Waals surface area (Å²) < 4.78 is 17.2. The van der Waals surface area contributed by atoms with Crippen LogP contribution < -0.4 is 10.1 Å². The van der Waals surface area contributed by atoms with Gasteiger partial charge in [-0.2, -0.15) is 0 Å². The average Bonchev–Trinajstić information content (AvgIpc) is 3.47. The van der Waals surface area contributed by atoms with Crippen molar-refractivity contribution in [2.75, 3.05) is 66.3 Å². The summed E-state index contributed by atoms with van der Waals surface area (Å²) in [5.74, 6) is 1.94. The third kappa shape index (κ3) is 7.44. The van der Waals surface area contributed by atoms with Gasteiger partial charge in [-0.05, 0) is 57.4 Å². The number of hydrogen-bond acceptors (Lipinski definition) is 5. The number of aliphatic imine (C=N–C) groups is 1. The maximum atomic E-state index is 6.06. The van der Waals surface area contributed by atoms with E-state index in [0.29, 0.717) is 24.6 Å². The van der Waals surface area contributed by atoms with E-state index in [2.05, 4.69) is 47.3 Å². The molecule has 7 nitrogen and oxygen atoms in total. The standard InChI is InChI=1S/C25H40N4O3.HI/c1-3-26-24(29-11-9-25(19-29)10-15-31-20-25)27-18-21-5-4-6-23(17-21)32-16-12-28(2)22-7-13-30-14-8-22;/h4-6,17,22H,3,7-16,18-20H2,1-2H3,(H,26,27);1H. The highest BCUT2D eigenvalue weighted by atomic mass is 127. The van der Waals surface area contributed by atoms with E-state index >= 15 is 0 Å². The molecule has 3 fully saturated rings. The molecule has 0 saturated carbocycles. The molecular formula is C25H41IN4O3. The first-order valence-corrected chi connectivity index (χ1v) is 12.3. The normalized spacial score (nSPS) is 23.8. The minimum Gasteiger partial charge on any atom is -0.492 e. The molecule has 0 aromatic heterocycles. The predicted octanol–water partition coefficient (Wildman–Crippen LogP) is 3.37. The van der Waals surface area contributed by atoms with E-state index in [-0.39, 0.29) is 24.0 Å². The Balaban J connectivity index is 0.00000306. The van der Waals surface area contributed by atoms with Crippen LogP contribution in [0, 0.1) is 5.41 Å². The maximum absolute atomic E-state index is 6.06. The van der Waals surface area contributed by atoms with Crippen molar-refractivity contribution in [2.45, 2.75) is 45.2 Å². The molecule has 1 aromatic rings. The van der Waals surface area contributed by atoms with Crippen molar-refractivity contribution in [2.24, 2.45) is 10.4 Å². The lowest BCUT2D eigenvalue weighted by molar-refractivity contribution is 0.0392. The van der Waals surface area contributed by atoms with E-state index in [4.69, 9.17) is 19.2 Å². The quantitative estimate of drug-likeness (QED) is 0.293. The number of ether oxygens (including phenoxy) is 3. The molecule has 33 heavy (non-hydrogen) atoms. The second-order valence-corrected chi connectivity index (χ2v) is 9.46. The van der Waals surface area contributed by atoms with Crippen LogP contribution in [0.5, 0.6) is 5.75 Å². The van der Waals surface area contributed by atoms with E-state index in [0.717, 1.165) is 77.2 Å². The molecule has 0 radical (unpaired) electrons. The van der Waals surface area contributed by atoms with Gasteiger partial charge in [0.1, 0.15) is 12.4 Å². The number of likely N-dealkylation sites (tertiary alicyclic amines) is 1. The van der Waals surface area contributed by atoms with Gasteiger partial charge >= 0.3 is 0 Å². The van der Waals surface area contributed by atoms with E-state index in [9.17, 15) is 0 Å². The lowest BCUT2D eigenvalue weighted by Gasteiger charge is -2.31. The molecule has 3 aliphatic rings. The van der Waals surface area contributed by atoms with Crippen LogP contribution in [0.3, 0.4) is 0 Å². The van der Waals surface area contributed by atoms with Crippen molar-refractivity contribution in [3.05, 3.63) is 29.8 Å². The molecule has 3 heterocycles. The summed E-state index contributed by atoms with van der Waals surface area (Å²) in [6.45, 7) is 10.9. The third-order valence-electron chi connectivity index (χ3n) is 7.09. The Morgan fingerprint density at radius 3 is 2.85 bits per heavy atom. The van der Waals surface area contributed by atoms with Crippen LogP contribution in [0.25, 0.3) is 0 Å². The molecular weight excluding hydrogens is 531 g/mol. The second-order valence-electron chi connectivity index (χ2n) is 9.46. The number of benzene rings is 1. The first kappa shape index (κ1) is 26.5. The van der Waals surface area contributed by atoms with E-state index < -0.39 is 0 Å². The highest BCUT2D eigenvalue weighted by molar-refractivity contribution is 14.0. The molecule has 1 unspecified atom stereocenters. The first-order chi connectivity index (χ1) is 15.7. The van der Waals surface area contributed by atoms with Crippen LogP contribution in [-0.4, -0.2) is 88.1 Å². The predicted molar refractivity (Wildman–Crippen MR) is 143 cm³/mol. The van der Waals surface area contributed by atoms with Crippen LogP contribution in [0.2, 0.25) is 0 Å². The van der Waals surface area contributed by atoms with Crippen molar-refractivity contribution in [1.82, 2.24) is 15.1 Å². The van der Waals surface area contributed by atoms with E-state index in [1.807, 2.05) is 6.07 Å². The lowest BCUT2D eigenvalue weighted by atomic mass is 9.87. The summed E-state index contributed by atoms with van der Waals surface area (Å²) in [5, 5.41) is 3.48. The second kappa shape index (κ2) is 13.1. The molecule has 8 heteroatoms. The topological polar surface area (TPSA) is 58.6 Å². The Hall–Kier alpha value is -1.10. The number of guanidine groups is 1. The molecule has 0 aliphatic carbocycles. The van der Waals surface area contributed by atoms with Crippen molar-refractivity contribution in [3.8, 4) is 5.75 Å². The van der Waals surface area contributed by atoms with Gasteiger partial charge in [0.05, 0.1) is 13.2 Å². The van der Waals surface area contributed by atoms with Gasteiger partial charge in [0.15, 0.2) is 5.96 Å². The summed E-state index contributed by atoms with van der Waals surface area (Å²) in [6.07, 6.45) is 4.60. The molecule has 1 N–H and O–H groups in total. The van der Waals surface area contributed by atoms with Gasteiger partial charge in [0.2, 0.25) is 0 Å². The smallest absolute Gasteiger partial charge is 0.194 e. The number of halogens is 1. The molecule has 3 saturated heterocycles. The fraction of sp³-hybridized carbons (Fsp3) is 0.720. The van der Waals surface area contributed by atoms with Crippen LogP contribution in [0.1, 0.15) is 38.2 Å². The molecule has 1 aromatic carbocycles. The van der Waals surface area contributed by atoms with Gasteiger partial charge < -0.3 is 24.4 Å². The molecule has 4 rings (SSSR count). The van der Waals surface area contributed by atoms with Crippen LogP contribution in [0.4, 0.5) is 0 Å². The number of likely N-dealkylation sites (N-methyl/N-ethyl adjacent to an activating group) is 1. The largest absolute Gasteiger partial charge is 0.492 e. The van der Waals surface area contributed by atoms with E-state index in [1.165, 1.54) is 18.4 Å². The Labute approximate surface area is 216 Å². The summed E-state index contributed by atoms with van der Waals surface area (Å²) in [4.78, 5) is 9.75. The zero-order valence-electron chi connectivity index (χ0n) is 20.3. The first-order valence-electron chi connectivity index (χ1n) is 12.3. The average molecular weight is 573 g/mol. The van der Waals surface area contributed by atoms with Gasteiger partial charge in [-0.3, -0.25) is 4.90 Å². The van der Waals surface area contributed by atoms with Crippen molar-refractivity contribution in [3.63, 3.8) is 0 Å². The molecule has 3 aliphatic heterocycles. The Morgan fingerprint density at radius 1 is 1.24 bits per heavy atom. The third-order valence-corrected chi connectivity index (χ3v) is 7.09. The van der Waals surface area contributed by atoms with Crippen LogP contribution in [-0.2, 0) is 16.0 Å². The molecule has 0 bridgehead atoms. The zero-order chi connectivity index (χ0) is 22.2. The molecule has 186 valence electrons. The van der Waals surface area contributed by atoms with Gasteiger partial charge in [-0.15, -0.1) is 24.0 Å². The molecule has 1 spiro atoms. The van der Waals surface area contributed by atoms with Crippen molar-refractivity contribution >= 4 is 29.9 Å². The summed E-state index contributed by atoms with van der Waals surface area (Å²) in [5.41, 5.74) is 1.51. The number of nitrogens with zero attached hydrogens (tertiary/aromatic N) is 3. The highest BCUT2D eigenvalue weighted by Gasteiger charge is 2.42. The zero-order valence-corrected chi connectivity index (χ0v) is 22.6. The van der Waals surface area contributed by atoms with Gasteiger partial charge in [-0.1, -0.05) is 12.1 Å².